The summed E-state index contributed by atoms with van der Waals surface area (Å²) in [6, 6.07) is 17.8. The van der Waals surface area contributed by atoms with Gasteiger partial charge in [0.25, 0.3) is 0 Å². The van der Waals surface area contributed by atoms with Crippen molar-refractivity contribution in [3.63, 3.8) is 0 Å². The molecule has 2 saturated heterocycles. The molecule has 5 aromatic rings. The minimum absolute atomic E-state index is 0.135. The first kappa shape index (κ1) is 28.6. The van der Waals surface area contributed by atoms with Crippen molar-refractivity contribution < 1.29 is 23.4 Å². The highest BCUT2D eigenvalue weighted by Gasteiger charge is 2.30. The number of anilines is 1. The van der Waals surface area contributed by atoms with E-state index in [1.54, 1.807) is 30.3 Å². The van der Waals surface area contributed by atoms with Gasteiger partial charge in [-0.05, 0) is 89.8 Å². The molecule has 0 radical (unpaired) electrons. The van der Waals surface area contributed by atoms with Crippen LogP contribution in [0.15, 0.2) is 71.3 Å². The number of hydrogen-bond acceptors (Lipinski definition) is 7. The number of nitrogens with two attached hydrogens (primary N) is 1. The van der Waals surface area contributed by atoms with E-state index in [1.807, 2.05) is 31.2 Å². The number of hydrogen-bond donors (Lipinski definition) is 2. The molecule has 9 nitrogen and oxygen atoms in total. The topological polar surface area (TPSA) is 108 Å². The number of fused-ring (bicyclic) bond motifs is 1. The summed E-state index contributed by atoms with van der Waals surface area (Å²) >= 11 is 3.65. The third-order valence-corrected chi connectivity index (χ3v) is 8.96. The van der Waals surface area contributed by atoms with Crippen LogP contribution in [0.3, 0.4) is 0 Å². The molecule has 0 bridgehead atoms. The number of H-pyrrole nitrogens is 1. The number of aromatic nitrogens is 3. The molecule has 226 valence electrons. The highest BCUT2D eigenvalue weighted by Crippen LogP contribution is 2.34. The van der Waals surface area contributed by atoms with Gasteiger partial charge in [-0.1, -0.05) is 12.1 Å². The van der Waals surface area contributed by atoms with Crippen LogP contribution >= 0.6 is 15.9 Å². The fourth-order valence-corrected chi connectivity index (χ4v) is 6.16. The Kier molecular flexibility index (Phi) is 7.61. The van der Waals surface area contributed by atoms with Gasteiger partial charge in [0.2, 0.25) is 5.78 Å². The molecule has 3 aromatic carbocycles. The first-order valence-electron chi connectivity index (χ1n) is 14.6. The zero-order valence-electron chi connectivity index (χ0n) is 24.1. The molecule has 2 fully saturated rings. The molecule has 7 rings (SSSR count). The van der Waals surface area contributed by atoms with Crippen molar-refractivity contribution in [3.05, 3.63) is 94.0 Å². The summed E-state index contributed by atoms with van der Waals surface area (Å²) in [5.41, 5.74) is 9.32. The van der Waals surface area contributed by atoms with Crippen LogP contribution in [0.5, 0.6) is 17.2 Å². The highest BCUT2D eigenvalue weighted by molar-refractivity contribution is 9.10. The van der Waals surface area contributed by atoms with Crippen LogP contribution < -0.4 is 15.2 Å². The fourth-order valence-electron chi connectivity index (χ4n) is 5.73. The highest BCUT2D eigenvalue weighted by atomic mass is 79.9. The molecule has 4 heterocycles. The Bertz CT molecular complexity index is 1860. The molecular formula is C33H31BrFN5O4. The van der Waals surface area contributed by atoms with Gasteiger partial charge in [0.15, 0.2) is 11.6 Å². The quantitative estimate of drug-likeness (QED) is 0.185. The van der Waals surface area contributed by atoms with Gasteiger partial charge in [0, 0.05) is 24.0 Å². The minimum atomic E-state index is -0.445. The van der Waals surface area contributed by atoms with E-state index in [2.05, 4.69) is 30.9 Å². The van der Waals surface area contributed by atoms with E-state index in [4.69, 9.17) is 19.9 Å². The average Bonchev–Trinajstić information content (AvgIpc) is 3.58. The monoisotopic (exact) mass is 659 g/mol. The van der Waals surface area contributed by atoms with Gasteiger partial charge in [-0.2, -0.15) is 5.10 Å². The Morgan fingerprint density at radius 2 is 1.86 bits per heavy atom. The van der Waals surface area contributed by atoms with Crippen molar-refractivity contribution in [2.24, 2.45) is 0 Å². The summed E-state index contributed by atoms with van der Waals surface area (Å²) in [7, 11) is 0. The van der Waals surface area contributed by atoms with E-state index >= 15 is 0 Å². The molecule has 0 saturated carbocycles. The van der Waals surface area contributed by atoms with Gasteiger partial charge in [0.1, 0.15) is 23.4 Å². The number of rotatable bonds is 8. The number of carbonyl (C=O) groups is 1. The zero-order valence-corrected chi connectivity index (χ0v) is 25.6. The number of benzene rings is 3. The number of nitrogens with one attached hydrogen (secondary N) is 1. The molecular weight excluding hydrogens is 629 g/mol. The second-order valence-corrected chi connectivity index (χ2v) is 12.1. The lowest BCUT2D eigenvalue weighted by atomic mass is 10.0. The van der Waals surface area contributed by atoms with Crippen molar-refractivity contribution in [3.8, 4) is 22.9 Å². The van der Waals surface area contributed by atoms with E-state index in [0.717, 1.165) is 65.8 Å². The van der Waals surface area contributed by atoms with Crippen LogP contribution in [0, 0.1) is 12.7 Å². The number of nitrogens with zero attached hydrogens (tertiary/aromatic N) is 3. The lowest BCUT2D eigenvalue weighted by molar-refractivity contribution is -0.0778. The van der Waals surface area contributed by atoms with Gasteiger partial charge in [-0.3, -0.25) is 9.69 Å². The molecule has 0 aliphatic carbocycles. The number of ether oxygens (including phenoxy) is 3. The standard InChI is InChI=1S/C33H31BrFN5O4/c1-19-12-21(6-7-29(19)44-30-5-3-2-4-26(30)35)40-33(36)24(16-37-40)32(41)28-13-20-14-31(25(34)15-27(20)38-28)43-23-8-10-39(11-9-23)22-17-42-18-22/h2-7,12-16,22-23,38H,8-11,17-18,36H2,1H3. The molecule has 11 heteroatoms. The summed E-state index contributed by atoms with van der Waals surface area (Å²) in [6.07, 6.45) is 3.52. The molecule has 0 atom stereocenters. The molecule has 2 aliphatic heterocycles. The first-order chi connectivity index (χ1) is 21.3. The van der Waals surface area contributed by atoms with E-state index in [1.165, 1.54) is 16.9 Å². The Morgan fingerprint density at radius 1 is 1.07 bits per heavy atom. The van der Waals surface area contributed by atoms with Crippen molar-refractivity contribution >= 4 is 38.4 Å². The van der Waals surface area contributed by atoms with Crippen LogP contribution in [0.25, 0.3) is 16.6 Å². The number of nitrogen functional groups attached to an aromatic ring is 1. The van der Waals surface area contributed by atoms with Crippen molar-refractivity contribution in [1.29, 1.82) is 0 Å². The number of aromatic amines is 1. The largest absolute Gasteiger partial charge is 0.489 e. The van der Waals surface area contributed by atoms with E-state index in [-0.39, 0.29) is 29.0 Å². The van der Waals surface area contributed by atoms with Crippen LogP contribution in [-0.4, -0.2) is 63.9 Å². The molecule has 3 N–H and O–H groups in total. The van der Waals surface area contributed by atoms with Crippen molar-refractivity contribution in [2.45, 2.75) is 31.9 Å². The zero-order chi connectivity index (χ0) is 30.4. The smallest absolute Gasteiger partial charge is 0.214 e. The Labute approximate surface area is 261 Å². The summed E-state index contributed by atoms with van der Waals surface area (Å²) < 4.78 is 33.9. The van der Waals surface area contributed by atoms with Crippen LogP contribution in [0.1, 0.15) is 34.5 Å². The number of aryl methyl sites for hydroxylation is 1. The fraction of sp³-hybridized carbons (Fsp3) is 0.273. The van der Waals surface area contributed by atoms with Crippen LogP contribution in [0.2, 0.25) is 0 Å². The average molecular weight is 661 g/mol. The van der Waals surface area contributed by atoms with E-state index in [9.17, 15) is 9.18 Å². The molecule has 0 amide bonds. The molecule has 2 aromatic heterocycles. The maximum Gasteiger partial charge on any atom is 0.214 e. The second kappa shape index (κ2) is 11.7. The normalized spacial score (nSPS) is 16.2. The summed E-state index contributed by atoms with van der Waals surface area (Å²) in [5, 5.41) is 5.26. The molecule has 2 aliphatic rings. The van der Waals surface area contributed by atoms with Gasteiger partial charge < -0.3 is 24.9 Å². The number of para-hydroxylation sites is 1. The molecule has 0 spiro atoms. The van der Waals surface area contributed by atoms with Gasteiger partial charge in [-0.15, -0.1) is 0 Å². The lowest BCUT2D eigenvalue weighted by Crippen LogP contribution is -2.52. The first-order valence-corrected chi connectivity index (χ1v) is 15.4. The van der Waals surface area contributed by atoms with Crippen molar-refractivity contribution in [2.75, 3.05) is 32.0 Å². The maximum absolute atomic E-state index is 14.1. The van der Waals surface area contributed by atoms with Crippen molar-refractivity contribution in [1.82, 2.24) is 19.7 Å². The van der Waals surface area contributed by atoms with Crippen LogP contribution in [0.4, 0.5) is 10.2 Å². The SMILES string of the molecule is Cc1cc(-n2ncc(C(=O)c3cc4cc(OC5CCN(C6COC6)CC5)c(Br)cc4[nH]3)c2N)ccc1Oc1ccccc1F. The summed E-state index contributed by atoms with van der Waals surface area (Å²) in [4.78, 5) is 19.3. The van der Waals surface area contributed by atoms with E-state index in [0.29, 0.717) is 23.2 Å². The predicted molar refractivity (Wildman–Crippen MR) is 168 cm³/mol. The molecule has 0 unspecified atom stereocenters. The number of likely N-dealkylation sites (tertiary alicyclic amines) is 1. The number of ketones is 1. The summed E-state index contributed by atoms with van der Waals surface area (Å²) in [6.45, 7) is 5.51. The third-order valence-electron chi connectivity index (χ3n) is 8.34. The summed E-state index contributed by atoms with van der Waals surface area (Å²) in [5.74, 6) is 0.889. The van der Waals surface area contributed by atoms with Gasteiger partial charge >= 0.3 is 0 Å². The number of piperidine rings is 1. The molecule has 44 heavy (non-hydrogen) atoms. The van der Waals surface area contributed by atoms with Crippen LogP contribution in [-0.2, 0) is 4.74 Å². The third kappa shape index (κ3) is 5.47. The van der Waals surface area contributed by atoms with E-state index < -0.39 is 5.82 Å². The van der Waals surface area contributed by atoms with Gasteiger partial charge in [0.05, 0.1) is 46.9 Å². The predicted octanol–water partition coefficient (Wildman–Crippen LogP) is 6.41. The second-order valence-electron chi connectivity index (χ2n) is 11.3. The van der Waals surface area contributed by atoms with Gasteiger partial charge in [-0.25, -0.2) is 9.07 Å². The minimum Gasteiger partial charge on any atom is -0.489 e. The number of carbonyl (C=O) groups excluding carboxylic acids is 1. The Morgan fingerprint density at radius 3 is 2.59 bits per heavy atom. The Balaban J connectivity index is 1.07. The lowest BCUT2D eigenvalue weighted by Gasteiger charge is -2.41. The maximum atomic E-state index is 14.1. The Hall–Kier alpha value is -4.19. The number of halogens is 2.